The Morgan fingerprint density at radius 3 is 2.50 bits per heavy atom. The van der Waals surface area contributed by atoms with Crippen LogP contribution in [0.5, 0.6) is 5.75 Å². The Balaban J connectivity index is 1.42. The molecule has 0 bridgehead atoms. The standard InChI is InChI=1S/C26H35N3O4S/c1-3-17-28-34(31,19-30)29-21-13-15-26(16-14-21,20-9-5-4-6-10-20)18-27-25-24(33-25)22-11-7-8-12-23(22)32-2/h4-12,21,24-25,27H,3,13-18H2,1-2H3,(H2,28,29,31). The summed E-state index contributed by atoms with van der Waals surface area (Å²) in [7, 11) is -1.32. The number of para-hydroxylation sites is 1. The van der Waals surface area contributed by atoms with Crippen LogP contribution in [0.3, 0.4) is 0 Å². The lowest BCUT2D eigenvalue weighted by atomic mass is 9.68. The summed E-state index contributed by atoms with van der Waals surface area (Å²) in [6, 6.07) is 18.5. The highest BCUT2D eigenvalue weighted by Gasteiger charge is 2.44. The molecule has 2 aromatic rings. The molecular weight excluding hydrogens is 450 g/mol. The molecule has 0 radical (unpaired) electrons. The van der Waals surface area contributed by atoms with Crippen molar-refractivity contribution >= 4 is 15.1 Å². The zero-order valence-corrected chi connectivity index (χ0v) is 20.7. The average molecular weight is 486 g/mol. The van der Waals surface area contributed by atoms with Gasteiger partial charge in [0.1, 0.15) is 18.1 Å². The number of benzene rings is 2. The molecule has 1 aliphatic heterocycles. The van der Waals surface area contributed by atoms with Crippen molar-refractivity contribution < 1.29 is 18.5 Å². The second-order valence-electron chi connectivity index (χ2n) is 9.17. The first kappa shape index (κ1) is 24.9. The van der Waals surface area contributed by atoms with Crippen LogP contribution in [0, 0.1) is 0 Å². The third-order valence-electron chi connectivity index (χ3n) is 6.91. The van der Waals surface area contributed by atoms with Gasteiger partial charge < -0.3 is 9.47 Å². The van der Waals surface area contributed by atoms with E-state index in [0.717, 1.165) is 50.0 Å². The second-order valence-corrected chi connectivity index (χ2v) is 11.0. The van der Waals surface area contributed by atoms with Crippen molar-refractivity contribution in [2.45, 2.75) is 62.8 Å². The minimum absolute atomic E-state index is 0.00801. The number of carbonyl (C=O) groups excluding carboxylic acids is 1. The van der Waals surface area contributed by atoms with Crippen molar-refractivity contribution in [3.63, 3.8) is 0 Å². The van der Waals surface area contributed by atoms with E-state index in [1.165, 1.54) is 5.56 Å². The number of ether oxygens (including phenoxy) is 2. The van der Waals surface area contributed by atoms with Gasteiger partial charge in [-0.3, -0.25) is 5.32 Å². The van der Waals surface area contributed by atoms with Crippen LogP contribution in [0.25, 0.3) is 0 Å². The summed E-state index contributed by atoms with van der Waals surface area (Å²) >= 11 is 0. The molecule has 0 amide bonds. The summed E-state index contributed by atoms with van der Waals surface area (Å²) in [4.78, 5) is 11.4. The van der Waals surface area contributed by atoms with Crippen LogP contribution in [0.15, 0.2) is 54.6 Å². The SMILES string of the molecule is CCCNS(=O)(=C=O)NC1CCC(CNC2OC2c2ccccc2OC)(c2ccccc2)CC1. The molecule has 184 valence electrons. The van der Waals surface area contributed by atoms with Gasteiger partial charge in [-0.2, -0.15) is 0 Å². The predicted molar refractivity (Wildman–Crippen MR) is 134 cm³/mol. The highest BCUT2D eigenvalue weighted by molar-refractivity contribution is 7.97. The van der Waals surface area contributed by atoms with Crippen molar-refractivity contribution in [2.75, 3.05) is 20.2 Å². The van der Waals surface area contributed by atoms with Gasteiger partial charge in [-0.05, 0) is 43.7 Å². The third-order valence-corrected chi connectivity index (χ3v) is 8.42. The van der Waals surface area contributed by atoms with Crippen LogP contribution in [0.1, 0.15) is 56.3 Å². The Hall–Kier alpha value is -2.19. The van der Waals surface area contributed by atoms with Gasteiger partial charge >= 0.3 is 0 Å². The molecule has 1 heterocycles. The zero-order chi connectivity index (χ0) is 24.0. The first-order valence-electron chi connectivity index (χ1n) is 12.0. The van der Waals surface area contributed by atoms with Gasteiger partial charge in [0.25, 0.3) is 0 Å². The molecule has 4 rings (SSSR count). The molecular formula is C26H35N3O4S. The summed E-state index contributed by atoms with van der Waals surface area (Å²) in [5, 5.41) is 5.35. The van der Waals surface area contributed by atoms with Crippen molar-refractivity contribution in [3.8, 4) is 5.75 Å². The van der Waals surface area contributed by atoms with E-state index in [9.17, 15) is 9.00 Å². The molecule has 2 fully saturated rings. The van der Waals surface area contributed by atoms with Crippen LogP contribution >= 0.6 is 0 Å². The second kappa shape index (κ2) is 11.0. The van der Waals surface area contributed by atoms with E-state index >= 15 is 0 Å². The number of hydrogen-bond acceptors (Lipinski definition) is 5. The summed E-state index contributed by atoms with van der Waals surface area (Å²) in [6.07, 6.45) is 4.21. The van der Waals surface area contributed by atoms with E-state index in [4.69, 9.17) is 9.47 Å². The largest absolute Gasteiger partial charge is 0.496 e. The first-order chi connectivity index (χ1) is 16.5. The minimum Gasteiger partial charge on any atom is -0.496 e. The summed E-state index contributed by atoms with van der Waals surface area (Å²) in [5.41, 5.74) is 2.30. The first-order valence-corrected chi connectivity index (χ1v) is 13.6. The fourth-order valence-electron chi connectivity index (χ4n) is 4.92. The van der Waals surface area contributed by atoms with Crippen LogP contribution in [0.4, 0.5) is 0 Å². The molecule has 1 aliphatic carbocycles. The van der Waals surface area contributed by atoms with Gasteiger partial charge in [0.15, 0.2) is 9.89 Å². The highest BCUT2D eigenvalue weighted by atomic mass is 32.2. The van der Waals surface area contributed by atoms with E-state index < -0.39 is 9.89 Å². The molecule has 7 nitrogen and oxygen atoms in total. The maximum Gasteiger partial charge on any atom is 0.216 e. The van der Waals surface area contributed by atoms with Crippen molar-refractivity contribution in [2.24, 2.45) is 0 Å². The molecule has 1 saturated heterocycles. The molecule has 3 atom stereocenters. The monoisotopic (exact) mass is 485 g/mol. The minimum atomic E-state index is -3.00. The van der Waals surface area contributed by atoms with Crippen LogP contribution in [-0.2, 0) is 24.8 Å². The maximum atomic E-state index is 12.8. The Bertz CT molecular complexity index is 1090. The highest BCUT2D eigenvalue weighted by Crippen LogP contribution is 2.44. The Labute approximate surface area is 202 Å². The number of nitrogens with one attached hydrogen (secondary N) is 3. The summed E-state index contributed by atoms with van der Waals surface area (Å²) in [6.45, 7) is 3.27. The molecule has 3 N–H and O–H groups in total. The zero-order valence-electron chi connectivity index (χ0n) is 19.9. The maximum absolute atomic E-state index is 12.8. The average Bonchev–Trinajstić information content (AvgIpc) is 3.67. The topological polar surface area (TPSA) is 92.0 Å². The van der Waals surface area contributed by atoms with Gasteiger partial charge in [-0.25, -0.2) is 18.4 Å². The Morgan fingerprint density at radius 1 is 1.12 bits per heavy atom. The molecule has 8 heteroatoms. The van der Waals surface area contributed by atoms with Gasteiger partial charge in [0.05, 0.1) is 7.11 Å². The van der Waals surface area contributed by atoms with Gasteiger partial charge in [0.2, 0.25) is 5.23 Å². The third kappa shape index (κ3) is 5.71. The smallest absolute Gasteiger partial charge is 0.216 e. The lowest BCUT2D eigenvalue weighted by Crippen LogP contribution is -2.49. The van der Waals surface area contributed by atoms with Gasteiger partial charge in [-0.1, -0.05) is 55.5 Å². The molecule has 2 aromatic carbocycles. The van der Waals surface area contributed by atoms with Crippen LogP contribution < -0.4 is 19.5 Å². The fraction of sp³-hybridized carbons (Fsp3) is 0.500. The number of rotatable bonds is 11. The summed E-state index contributed by atoms with van der Waals surface area (Å²) in [5.74, 6) is 0.841. The fourth-order valence-corrected chi connectivity index (χ4v) is 6.31. The molecule has 0 spiro atoms. The molecule has 2 aliphatic rings. The Morgan fingerprint density at radius 2 is 1.82 bits per heavy atom. The molecule has 34 heavy (non-hydrogen) atoms. The normalized spacial score (nSPS) is 28.0. The molecule has 3 unspecified atom stereocenters. The van der Waals surface area contributed by atoms with E-state index in [-0.39, 0.29) is 23.8 Å². The van der Waals surface area contributed by atoms with E-state index in [0.29, 0.717) is 6.54 Å². The van der Waals surface area contributed by atoms with Crippen LogP contribution in [0.2, 0.25) is 0 Å². The van der Waals surface area contributed by atoms with Gasteiger partial charge in [-0.15, -0.1) is 0 Å². The van der Waals surface area contributed by atoms with Crippen LogP contribution in [-0.4, -0.2) is 41.9 Å². The summed E-state index contributed by atoms with van der Waals surface area (Å²) < 4.78 is 30.1. The Kier molecular flexibility index (Phi) is 8.09. The number of methoxy groups -OCH3 is 1. The van der Waals surface area contributed by atoms with Crippen molar-refractivity contribution in [3.05, 3.63) is 65.7 Å². The van der Waals surface area contributed by atoms with Gasteiger partial charge in [0, 0.05) is 30.1 Å². The lowest BCUT2D eigenvalue weighted by Gasteiger charge is -2.41. The van der Waals surface area contributed by atoms with Crippen molar-refractivity contribution in [1.82, 2.24) is 14.8 Å². The van der Waals surface area contributed by atoms with E-state index in [2.05, 4.69) is 39.0 Å². The lowest BCUT2D eigenvalue weighted by molar-refractivity contribution is 0.237. The van der Waals surface area contributed by atoms with Crippen molar-refractivity contribution in [1.29, 1.82) is 0 Å². The molecule has 0 aromatic heterocycles. The number of hydrogen-bond donors (Lipinski definition) is 3. The predicted octanol–water partition coefficient (Wildman–Crippen LogP) is 3.33. The molecule has 1 saturated carbocycles. The van der Waals surface area contributed by atoms with E-state index in [1.54, 1.807) is 12.3 Å². The van der Waals surface area contributed by atoms with E-state index in [1.807, 2.05) is 37.3 Å². The quantitative estimate of drug-likeness (QED) is 0.335. The number of epoxide rings is 1.